The van der Waals surface area contributed by atoms with Crippen LogP contribution in [-0.2, 0) is 0 Å². The number of hydrogen-bond donors (Lipinski definition) is 3. The lowest BCUT2D eigenvalue weighted by atomic mass is 10.4. The molecule has 0 bridgehead atoms. The van der Waals surface area contributed by atoms with Crippen LogP contribution in [-0.4, -0.2) is 18.0 Å². The van der Waals surface area contributed by atoms with Crippen LogP contribution in [0.3, 0.4) is 0 Å². The van der Waals surface area contributed by atoms with Gasteiger partial charge in [-0.05, 0) is 24.3 Å². The van der Waals surface area contributed by atoms with Crippen molar-refractivity contribution in [2.75, 3.05) is 6.54 Å². The summed E-state index contributed by atoms with van der Waals surface area (Å²) < 4.78 is 0. The van der Waals surface area contributed by atoms with Crippen molar-refractivity contribution in [1.82, 2.24) is 10.9 Å². The fourth-order valence-electron chi connectivity index (χ4n) is 1.30. The molecule has 0 radical (unpaired) electrons. The van der Waals surface area contributed by atoms with Gasteiger partial charge in [-0.1, -0.05) is 11.6 Å². The molecule has 0 saturated carbocycles. The van der Waals surface area contributed by atoms with Gasteiger partial charge >= 0.3 is 0 Å². The van der Waals surface area contributed by atoms with Crippen LogP contribution in [0.2, 0.25) is 5.02 Å². The Hall–Kier alpha value is -0.260. The number of hydrazine groups is 1. The first-order chi connectivity index (χ1) is 6.75. The number of hydrogen-bond acceptors (Lipinski definition) is 4. The zero-order valence-electron chi connectivity index (χ0n) is 7.53. The van der Waals surface area contributed by atoms with Crippen LogP contribution in [0.4, 0.5) is 0 Å². The number of halogens is 1. The molecule has 2 unspecified atom stereocenters. The summed E-state index contributed by atoms with van der Waals surface area (Å²) >= 11 is 7.56. The van der Waals surface area contributed by atoms with Gasteiger partial charge in [0.2, 0.25) is 0 Å². The molecule has 1 heterocycles. The maximum atomic E-state index is 5.84. The molecule has 1 fully saturated rings. The highest BCUT2D eigenvalue weighted by atomic mass is 35.5. The van der Waals surface area contributed by atoms with Crippen molar-refractivity contribution >= 4 is 23.4 Å². The number of rotatable bonds is 2. The molecule has 76 valence electrons. The summed E-state index contributed by atoms with van der Waals surface area (Å²) in [7, 11) is 0. The standard InChI is InChI=1S/C9H12ClN3S/c10-6-1-3-7(4-2-6)14-8-5-12-13-9(8)11/h1-4,8-9,12-13H,5,11H2. The molecule has 3 nitrogen and oxygen atoms in total. The van der Waals surface area contributed by atoms with E-state index in [1.54, 1.807) is 11.8 Å². The van der Waals surface area contributed by atoms with Crippen LogP contribution in [0.15, 0.2) is 29.2 Å². The predicted molar refractivity (Wildman–Crippen MR) is 60.2 cm³/mol. The molecule has 2 rings (SSSR count). The SMILES string of the molecule is NC1NNCC1Sc1ccc(Cl)cc1. The summed E-state index contributed by atoms with van der Waals surface area (Å²) in [6.07, 6.45) is 0.00989. The zero-order valence-corrected chi connectivity index (χ0v) is 9.11. The molecule has 0 amide bonds. The normalized spacial score (nSPS) is 26.7. The van der Waals surface area contributed by atoms with E-state index in [1.165, 1.54) is 4.90 Å². The van der Waals surface area contributed by atoms with Gasteiger partial charge in [0, 0.05) is 16.5 Å². The average Bonchev–Trinajstić information content (AvgIpc) is 2.56. The van der Waals surface area contributed by atoms with Crippen molar-refractivity contribution in [3.63, 3.8) is 0 Å². The molecular weight excluding hydrogens is 218 g/mol. The lowest BCUT2D eigenvalue weighted by Gasteiger charge is -2.12. The Morgan fingerprint density at radius 2 is 2.07 bits per heavy atom. The third kappa shape index (κ3) is 2.40. The van der Waals surface area contributed by atoms with Gasteiger partial charge in [0.05, 0.1) is 11.4 Å². The van der Waals surface area contributed by atoms with Crippen LogP contribution in [0.1, 0.15) is 0 Å². The van der Waals surface area contributed by atoms with Gasteiger partial charge in [-0.15, -0.1) is 11.8 Å². The summed E-state index contributed by atoms with van der Waals surface area (Å²) in [4.78, 5) is 1.19. The van der Waals surface area contributed by atoms with Crippen molar-refractivity contribution in [3.8, 4) is 0 Å². The van der Waals surface area contributed by atoms with E-state index in [4.69, 9.17) is 17.3 Å². The number of nitrogens with two attached hydrogens (primary N) is 1. The monoisotopic (exact) mass is 229 g/mol. The fourth-order valence-corrected chi connectivity index (χ4v) is 2.45. The van der Waals surface area contributed by atoms with E-state index < -0.39 is 0 Å². The van der Waals surface area contributed by atoms with Gasteiger partial charge in [0.1, 0.15) is 0 Å². The number of benzene rings is 1. The van der Waals surface area contributed by atoms with Crippen LogP contribution in [0, 0.1) is 0 Å². The van der Waals surface area contributed by atoms with Gasteiger partial charge in [-0.2, -0.15) is 0 Å². The first-order valence-electron chi connectivity index (χ1n) is 4.42. The second kappa shape index (κ2) is 4.51. The average molecular weight is 230 g/mol. The van der Waals surface area contributed by atoms with Gasteiger partial charge in [0.15, 0.2) is 0 Å². The molecule has 0 aromatic heterocycles. The topological polar surface area (TPSA) is 50.1 Å². The predicted octanol–water partition coefficient (Wildman–Crippen LogP) is 1.19. The molecule has 1 saturated heterocycles. The molecule has 1 aromatic rings. The number of thioether (sulfide) groups is 1. The molecule has 1 aliphatic rings. The minimum absolute atomic E-state index is 0.00989. The van der Waals surface area contributed by atoms with Crippen molar-refractivity contribution in [2.45, 2.75) is 16.3 Å². The highest BCUT2D eigenvalue weighted by Gasteiger charge is 2.23. The van der Waals surface area contributed by atoms with E-state index in [-0.39, 0.29) is 6.17 Å². The quantitative estimate of drug-likeness (QED) is 0.713. The Kier molecular flexibility index (Phi) is 3.30. The first kappa shape index (κ1) is 10.3. The Bertz CT molecular complexity index is 303. The van der Waals surface area contributed by atoms with E-state index in [9.17, 15) is 0 Å². The lowest BCUT2D eigenvalue weighted by Crippen LogP contribution is -2.40. The van der Waals surface area contributed by atoms with E-state index >= 15 is 0 Å². The van der Waals surface area contributed by atoms with Crippen molar-refractivity contribution in [1.29, 1.82) is 0 Å². The zero-order chi connectivity index (χ0) is 9.97. The molecular formula is C9H12ClN3S. The minimum atomic E-state index is 0.00989. The fraction of sp³-hybridized carbons (Fsp3) is 0.333. The van der Waals surface area contributed by atoms with E-state index in [2.05, 4.69) is 10.9 Å². The van der Waals surface area contributed by atoms with Crippen LogP contribution < -0.4 is 16.6 Å². The third-order valence-electron chi connectivity index (χ3n) is 2.07. The van der Waals surface area contributed by atoms with Crippen LogP contribution >= 0.6 is 23.4 Å². The van der Waals surface area contributed by atoms with E-state index in [0.29, 0.717) is 5.25 Å². The second-order valence-electron chi connectivity index (χ2n) is 3.16. The number of nitrogens with one attached hydrogen (secondary N) is 2. The molecule has 4 N–H and O–H groups in total. The molecule has 5 heteroatoms. The maximum Gasteiger partial charge on any atom is 0.0815 e. The van der Waals surface area contributed by atoms with Gasteiger partial charge in [0.25, 0.3) is 0 Å². The second-order valence-corrected chi connectivity index (χ2v) is 4.91. The highest BCUT2D eigenvalue weighted by Crippen LogP contribution is 2.26. The Balaban J connectivity index is 2.00. The maximum absolute atomic E-state index is 5.84. The minimum Gasteiger partial charge on any atom is -0.314 e. The molecule has 1 aliphatic heterocycles. The largest absolute Gasteiger partial charge is 0.314 e. The van der Waals surface area contributed by atoms with Crippen LogP contribution in [0.25, 0.3) is 0 Å². The van der Waals surface area contributed by atoms with Gasteiger partial charge < -0.3 is 5.73 Å². The van der Waals surface area contributed by atoms with Crippen molar-refractivity contribution in [3.05, 3.63) is 29.3 Å². The lowest BCUT2D eigenvalue weighted by molar-refractivity contribution is 0.577. The Morgan fingerprint density at radius 1 is 1.36 bits per heavy atom. The molecule has 14 heavy (non-hydrogen) atoms. The Labute approximate surface area is 92.4 Å². The summed E-state index contributed by atoms with van der Waals surface area (Å²) in [5, 5.41) is 1.14. The summed E-state index contributed by atoms with van der Waals surface area (Å²) in [5.41, 5.74) is 11.9. The van der Waals surface area contributed by atoms with Gasteiger partial charge in [-0.25, -0.2) is 5.43 Å². The third-order valence-corrected chi connectivity index (χ3v) is 3.63. The smallest absolute Gasteiger partial charge is 0.0815 e. The highest BCUT2D eigenvalue weighted by molar-refractivity contribution is 8.00. The Morgan fingerprint density at radius 3 is 2.64 bits per heavy atom. The first-order valence-corrected chi connectivity index (χ1v) is 5.67. The van der Waals surface area contributed by atoms with Gasteiger partial charge in [-0.3, -0.25) is 5.43 Å². The van der Waals surface area contributed by atoms with E-state index in [0.717, 1.165) is 11.6 Å². The molecule has 0 spiro atoms. The van der Waals surface area contributed by atoms with Crippen LogP contribution in [0.5, 0.6) is 0 Å². The van der Waals surface area contributed by atoms with Crippen molar-refractivity contribution in [2.24, 2.45) is 5.73 Å². The molecule has 0 aliphatic carbocycles. The molecule has 1 aromatic carbocycles. The van der Waals surface area contributed by atoms with E-state index in [1.807, 2.05) is 24.3 Å². The summed E-state index contributed by atoms with van der Waals surface area (Å²) in [5.74, 6) is 0. The summed E-state index contributed by atoms with van der Waals surface area (Å²) in [6, 6.07) is 7.81. The van der Waals surface area contributed by atoms with Crippen molar-refractivity contribution < 1.29 is 0 Å². The summed E-state index contributed by atoms with van der Waals surface area (Å²) in [6.45, 7) is 0.883. The molecule has 2 atom stereocenters.